The maximum Gasteiger partial charge on any atom is 0.322 e. The summed E-state index contributed by atoms with van der Waals surface area (Å²) in [5, 5.41) is 21.0. The molecule has 11 nitrogen and oxygen atoms in total. The van der Waals surface area contributed by atoms with E-state index < -0.39 is 10.8 Å². The Bertz CT molecular complexity index is 1120. The molecule has 3 rings (SSSR count). The van der Waals surface area contributed by atoms with Crippen molar-refractivity contribution in [2.75, 3.05) is 26.6 Å². The summed E-state index contributed by atoms with van der Waals surface area (Å²) < 4.78 is 21.3. The highest BCUT2D eigenvalue weighted by Crippen LogP contribution is 2.41. The Morgan fingerprint density at radius 1 is 1.10 bits per heavy atom. The maximum atomic E-state index is 12.1. The highest BCUT2D eigenvalue weighted by Gasteiger charge is 2.18. The smallest absolute Gasteiger partial charge is 0.322 e. The van der Waals surface area contributed by atoms with Crippen molar-refractivity contribution in [1.82, 2.24) is 10.2 Å². The van der Waals surface area contributed by atoms with Crippen LogP contribution in [-0.2, 0) is 4.79 Å². The molecule has 0 saturated heterocycles. The number of rotatable bonds is 8. The highest BCUT2D eigenvalue weighted by atomic mass is 16.6. The minimum atomic E-state index is -0.549. The van der Waals surface area contributed by atoms with Crippen LogP contribution in [0.3, 0.4) is 0 Å². The summed E-state index contributed by atoms with van der Waals surface area (Å²) in [6.45, 7) is 0. The summed E-state index contributed by atoms with van der Waals surface area (Å²) >= 11 is 0. The van der Waals surface area contributed by atoms with Gasteiger partial charge >= 0.3 is 6.01 Å². The van der Waals surface area contributed by atoms with Crippen LogP contribution in [0.15, 0.2) is 46.9 Å². The van der Waals surface area contributed by atoms with Gasteiger partial charge in [-0.25, -0.2) is 0 Å². The second-order valence-corrected chi connectivity index (χ2v) is 6.00. The Balaban J connectivity index is 1.75. The van der Waals surface area contributed by atoms with Gasteiger partial charge in [-0.05, 0) is 23.8 Å². The van der Waals surface area contributed by atoms with E-state index in [1.165, 1.54) is 51.7 Å². The fourth-order valence-corrected chi connectivity index (χ4v) is 2.66. The van der Waals surface area contributed by atoms with Gasteiger partial charge in [-0.2, -0.15) is 0 Å². The zero-order valence-electron chi connectivity index (χ0n) is 16.8. The van der Waals surface area contributed by atoms with Gasteiger partial charge in [0.05, 0.1) is 26.3 Å². The summed E-state index contributed by atoms with van der Waals surface area (Å²) in [4.78, 5) is 22.4. The Labute approximate surface area is 176 Å². The summed E-state index contributed by atoms with van der Waals surface area (Å²) in [6.07, 6.45) is 2.63. The molecule has 0 aliphatic heterocycles. The lowest BCUT2D eigenvalue weighted by Crippen LogP contribution is -2.07. The molecule has 0 saturated carbocycles. The normalized spacial score (nSPS) is 10.7. The predicted octanol–water partition coefficient (Wildman–Crippen LogP) is 3.32. The Morgan fingerprint density at radius 2 is 1.81 bits per heavy atom. The van der Waals surface area contributed by atoms with Gasteiger partial charge in [0.15, 0.2) is 11.5 Å². The average Bonchev–Trinajstić information content (AvgIpc) is 3.25. The fraction of sp³-hybridized carbons (Fsp3) is 0.150. The van der Waals surface area contributed by atoms with Crippen LogP contribution in [0.25, 0.3) is 17.5 Å². The Morgan fingerprint density at radius 3 is 2.42 bits per heavy atom. The van der Waals surface area contributed by atoms with E-state index in [9.17, 15) is 14.9 Å². The second kappa shape index (κ2) is 9.39. The van der Waals surface area contributed by atoms with Gasteiger partial charge in [0, 0.05) is 23.8 Å². The van der Waals surface area contributed by atoms with Crippen molar-refractivity contribution in [3.63, 3.8) is 0 Å². The molecule has 31 heavy (non-hydrogen) atoms. The minimum Gasteiger partial charge on any atom is -0.493 e. The highest BCUT2D eigenvalue weighted by molar-refractivity contribution is 6.00. The molecule has 0 bridgehead atoms. The molecule has 2 aromatic carbocycles. The van der Waals surface area contributed by atoms with E-state index in [0.717, 1.165) is 0 Å². The number of methoxy groups -OCH3 is 3. The summed E-state index contributed by atoms with van der Waals surface area (Å²) in [7, 11) is 4.45. The monoisotopic (exact) mass is 426 g/mol. The third kappa shape index (κ3) is 4.96. The minimum absolute atomic E-state index is 0.0746. The van der Waals surface area contributed by atoms with E-state index in [0.29, 0.717) is 28.4 Å². The SMILES string of the molecule is COc1cc(-c2nnc(NC(=O)C=Cc3cccc([N+](=O)[O-])c3)o2)cc(OC)c1OC. The van der Waals surface area contributed by atoms with E-state index in [1.54, 1.807) is 18.2 Å². The number of nitrogens with zero attached hydrogens (tertiary/aromatic N) is 3. The van der Waals surface area contributed by atoms with Gasteiger partial charge in [0.1, 0.15) is 0 Å². The van der Waals surface area contributed by atoms with Crippen molar-refractivity contribution >= 4 is 23.7 Å². The molecule has 0 aliphatic carbocycles. The molecule has 3 aromatic rings. The average molecular weight is 426 g/mol. The van der Waals surface area contributed by atoms with Crippen LogP contribution >= 0.6 is 0 Å². The number of nitro groups is 1. The number of nitrogens with one attached hydrogen (secondary N) is 1. The number of hydrogen-bond donors (Lipinski definition) is 1. The molecule has 0 radical (unpaired) electrons. The van der Waals surface area contributed by atoms with Crippen LogP contribution in [0.1, 0.15) is 5.56 Å². The van der Waals surface area contributed by atoms with Crippen molar-refractivity contribution in [3.05, 3.63) is 58.2 Å². The van der Waals surface area contributed by atoms with Gasteiger partial charge < -0.3 is 18.6 Å². The van der Waals surface area contributed by atoms with Gasteiger partial charge in [-0.3, -0.25) is 20.2 Å². The Kier molecular flexibility index (Phi) is 6.45. The molecule has 1 N–H and O–H groups in total. The molecule has 1 amide bonds. The molecule has 0 aliphatic rings. The van der Waals surface area contributed by atoms with E-state index in [1.807, 2.05) is 0 Å². The van der Waals surface area contributed by atoms with Crippen molar-refractivity contribution in [2.24, 2.45) is 0 Å². The van der Waals surface area contributed by atoms with E-state index in [-0.39, 0.29) is 17.6 Å². The molecule has 1 heterocycles. The number of benzene rings is 2. The number of ether oxygens (including phenoxy) is 3. The lowest BCUT2D eigenvalue weighted by molar-refractivity contribution is -0.384. The lowest BCUT2D eigenvalue weighted by atomic mass is 10.2. The van der Waals surface area contributed by atoms with E-state index in [2.05, 4.69) is 15.5 Å². The number of carbonyl (C=O) groups excluding carboxylic acids is 1. The van der Waals surface area contributed by atoms with Crippen LogP contribution in [0, 0.1) is 10.1 Å². The van der Waals surface area contributed by atoms with Crippen LogP contribution < -0.4 is 19.5 Å². The summed E-state index contributed by atoms with van der Waals surface area (Å²) in [5.74, 6) is 0.790. The number of non-ortho nitro benzene ring substituents is 1. The largest absolute Gasteiger partial charge is 0.493 e. The lowest BCUT2D eigenvalue weighted by Gasteiger charge is -2.12. The zero-order chi connectivity index (χ0) is 22.4. The Hall–Kier alpha value is -4.41. The summed E-state index contributed by atoms with van der Waals surface area (Å²) in [5.41, 5.74) is 0.914. The number of hydrogen-bond acceptors (Lipinski definition) is 9. The first-order valence-corrected chi connectivity index (χ1v) is 8.82. The third-order valence-electron chi connectivity index (χ3n) is 4.07. The van der Waals surface area contributed by atoms with Gasteiger partial charge in [-0.1, -0.05) is 17.2 Å². The van der Waals surface area contributed by atoms with Gasteiger partial charge in [0.25, 0.3) is 11.6 Å². The number of aromatic nitrogens is 2. The predicted molar refractivity (Wildman–Crippen MR) is 110 cm³/mol. The van der Waals surface area contributed by atoms with E-state index >= 15 is 0 Å². The van der Waals surface area contributed by atoms with Crippen molar-refractivity contribution in [1.29, 1.82) is 0 Å². The van der Waals surface area contributed by atoms with Gasteiger partial charge in [-0.15, -0.1) is 5.10 Å². The molecule has 0 fully saturated rings. The quantitative estimate of drug-likeness (QED) is 0.326. The molecule has 0 unspecified atom stereocenters. The van der Waals surface area contributed by atoms with Crippen molar-refractivity contribution < 1.29 is 28.3 Å². The van der Waals surface area contributed by atoms with Crippen molar-refractivity contribution in [2.45, 2.75) is 0 Å². The topological polar surface area (TPSA) is 139 Å². The molecular weight excluding hydrogens is 408 g/mol. The molecule has 1 aromatic heterocycles. The molecular formula is C20H18N4O7. The van der Waals surface area contributed by atoms with Crippen LogP contribution in [0.4, 0.5) is 11.7 Å². The standard InChI is InChI=1S/C20H18N4O7/c1-28-15-10-13(11-16(29-2)18(15)30-3)19-22-23-20(31-19)21-17(25)8-7-12-5-4-6-14(9-12)24(26)27/h4-11H,1-3H3,(H,21,23,25). The molecule has 0 spiro atoms. The molecule has 0 atom stereocenters. The maximum absolute atomic E-state index is 12.1. The third-order valence-corrected chi connectivity index (χ3v) is 4.07. The van der Waals surface area contributed by atoms with Crippen molar-refractivity contribution in [3.8, 4) is 28.7 Å². The number of amides is 1. The number of anilines is 1. The molecule has 160 valence electrons. The first-order valence-electron chi connectivity index (χ1n) is 8.82. The first kappa shape index (κ1) is 21.3. The molecule has 11 heteroatoms. The summed E-state index contributed by atoms with van der Waals surface area (Å²) in [6, 6.07) is 8.99. The first-order chi connectivity index (χ1) is 14.9. The van der Waals surface area contributed by atoms with Crippen LogP contribution in [-0.4, -0.2) is 42.4 Å². The van der Waals surface area contributed by atoms with Gasteiger partial charge in [0.2, 0.25) is 11.6 Å². The number of nitro benzene ring substituents is 1. The zero-order valence-corrected chi connectivity index (χ0v) is 16.8. The fourth-order valence-electron chi connectivity index (χ4n) is 2.66. The number of carbonyl (C=O) groups is 1. The van der Waals surface area contributed by atoms with Crippen LogP contribution in [0.5, 0.6) is 17.2 Å². The second-order valence-electron chi connectivity index (χ2n) is 6.00. The van der Waals surface area contributed by atoms with E-state index in [4.69, 9.17) is 18.6 Å². The van der Waals surface area contributed by atoms with Crippen LogP contribution in [0.2, 0.25) is 0 Å².